The largest absolute Gasteiger partial charge is 0.495 e. The third kappa shape index (κ3) is 3.71. The molecule has 7 nitrogen and oxygen atoms in total. The highest BCUT2D eigenvalue weighted by Crippen LogP contribution is 2.41. The first kappa shape index (κ1) is 19.4. The molecule has 0 amide bonds. The van der Waals surface area contributed by atoms with Gasteiger partial charge >= 0.3 is 0 Å². The molecule has 0 fully saturated rings. The summed E-state index contributed by atoms with van der Waals surface area (Å²) >= 11 is 13.0. The minimum atomic E-state index is 0.389. The summed E-state index contributed by atoms with van der Waals surface area (Å²) in [5.74, 6) is 0.977. The first-order chi connectivity index (χ1) is 14.0. The maximum absolute atomic E-state index is 6.49. The number of hydrogen-bond donors (Lipinski definition) is 0. The van der Waals surface area contributed by atoms with Gasteiger partial charge in [0, 0.05) is 42.6 Å². The van der Waals surface area contributed by atoms with Crippen LogP contribution in [0, 0.1) is 0 Å². The molecule has 0 aliphatic rings. The first-order valence-corrected chi connectivity index (χ1v) is 9.46. The second kappa shape index (κ2) is 7.85. The molecule has 3 aromatic heterocycles. The minimum Gasteiger partial charge on any atom is -0.495 e. The van der Waals surface area contributed by atoms with Gasteiger partial charge in [-0.3, -0.25) is 9.67 Å². The van der Waals surface area contributed by atoms with Gasteiger partial charge in [-0.05, 0) is 12.1 Å². The quantitative estimate of drug-likeness (QED) is 0.469. The Morgan fingerprint density at radius 2 is 1.72 bits per heavy atom. The van der Waals surface area contributed by atoms with Crippen LogP contribution in [0.4, 0.5) is 0 Å². The van der Waals surface area contributed by atoms with Gasteiger partial charge in [-0.25, -0.2) is 9.97 Å². The average Bonchev–Trinajstić information content (AvgIpc) is 3.17. The zero-order valence-corrected chi connectivity index (χ0v) is 17.5. The molecule has 0 atom stereocenters. The van der Waals surface area contributed by atoms with Gasteiger partial charge in [-0.2, -0.15) is 5.10 Å². The molecule has 0 saturated carbocycles. The van der Waals surface area contributed by atoms with Crippen LogP contribution in [0.2, 0.25) is 10.0 Å². The molecule has 148 valence electrons. The van der Waals surface area contributed by atoms with Crippen molar-refractivity contribution in [2.75, 3.05) is 14.2 Å². The minimum absolute atomic E-state index is 0.389. The monoisotopic (exact) mass is 429 g/mol. The van der Waals surface area contributed by atoms with Gasteiger partial charge in [0.05, 0.1) is 42.4 Å². The lowest BCUT2D eigenvalue weighted by molar-refractivity contribution is 0.394. The fourth-order valence-electron chi connectivity index (χ4n) is 3.00. The van der Waals surface area contributed by atoms with Crippen LogP contribution in [0.5, 0.6) is 11.5 Å². The summed E-state index contributed by atoms with van der Waals surface area (Å²) in [7, 11) is 4.94. The van der Waals surface area contributed by atoms with E-state index < -0.39 is 0 Å². The summed E-state index contributed by atoms with van der Waals surface area (Å²) in [5.41, 5.74) is 4.22. The van der Waals surface area contributed by atoms with Crippen molar-refractivity contribution in [1.29, 1.82) is 0 Å². The molecule has 0 aliphatic heterocycles. The van der Waals surface area contributed by atoms with E-state index in [1.807, 2.05) is 25.4 Å². The topological polar surface area (TPSA) is 75.0 Å². The smallest absolute Gasteiger partial charge is 0.179 e. The van der Waals surface area contributed by atoms with Crippen molar-refractivity contribution in [3.8, 4) is 22.8 Å². The number of halogens is 2. The van der Waals surface area contributed by atoms with E-state index in [1.165, 1.54) is 0 Å². The third-order valence-electron chi connectivity index (χ3n) is 4.49. The van der Waals surface area contributed by atoms with Crippen LogP contribution >= 0.6 is 23.2 Å². The van der Waals surface area contributed by atoms with Crippen LogP contribution in [-0.4, -0.2) is 39.0 Å². The SMILES string of the molecule is COc1cc(OC)c(Cl)c(Cc2ccc3ncc(-c4cnn(C)c4)nc3n2)c1Cl. The fraction of sp³-hybridized carbons (Fsp3) is 0.200. The molecule has 1 aromatic carbocycles. The van der Waals surface area contributed by atoms with E-state index in [-0.39, 0.29) is 0 Å². The Morgan fingerprint density at radius 1 is 1.00 bits per heavy atom. The maximum atomic E-state index is 6.49. The predicted octanol–water partition coefficient (Wildman–Crippen LogP) is 4.34. The van der Waals surface area contributed by atoms with E-state index in [0.717, 1.165) is 11.3 Å². The van der Waals surface area contributed by atoms with Crippen LogP contribution in [0.1, 0.15) is 11.3 Å². The van der Waals surface area contributed by atoms with Crippen molar-refractivity contribution in [1.82, 2.24) is 24.7 Å². The molecule has 29 heavy (non-hydrogen) atoms. The Kier molecular flexibility index (Phi) is 5.25. The van der Waals surface area contributed by atoms with Gasteiger partial charge in [0.1, 0.15) is 17.0 Å². The van der Waals surface area contributed by atoms with Crippen molar-refractivity contribution < 1.29 is 9.47 Å². The van der Waals surface area contributed by atoms with Crippen molar-refractivity contribution >= 4 is 34.4 Å². The lowest BCUT2D eigenvalue weighted by Crippen LogP contribution is -2.00. The van der Waals surface area contributed by atoms with Gasteiger partial charge in [-0.1, -0.05) is 23.2 Å². The zero-order valence-electron chi connectivity index (χ0n) is 16.0. The van der Waals surface area contributed by atoms with Gasteiger partial charge in [0.2, 0.25) is 0 Å². The molecule has 0 spiro atoms. The number of aryl methyl sites for hydroxylation is 1. The van der Waals surface area contributed by atoms with E-state index in [1.54, 1.807) is 37.4 Å². The van der Waals surface area contributed by atoms with Crippen molar-refractivity contribution in [2.45, 2.75) is 6.42 Å². The molecule has 0 saturated heterocycles. The predicted molar refractivity (Wildman–Crippen MR) is 112 cm³/mol. The Morgan fingerprint density at radius 3 is 2.34 bits per heavy atom. The molecule has 0 aliphatic carbocycles. The molecule has 0 N–H and O–H groups in total. The van der Waals surface area contributed by atoms with Crippen molar-refractivity contribution in [3.05, 3.63) is 58.1 Å². The van der Waals surface area contributed by atoms with Crippen LogP contribution in [0.15, 0.2) is 36.8 Å². The highest BCUT2D eigenvalue weighted by atomic mass is 35.5. The van der Waals surface area contributed by atoms with Crippen molar-refractivity contribution in [2.24, 2.45) is 7.05 Å². The first-order valence-electron chi connectivity index (χ1n) is 8.70. The third-order valence-corrected chi connectivity index (χ3v) is 5.32. The second-order valence-corrected chi connectivity index (χ2v) is 7.12. The standard InChI is InChI=1S/C20H17Cl2N5O2/c1-27-10-11(8-24-27)15-9-23-14-5-4-12(25-20(14)26-15)6-13-18(21)16(28-2)7-17(29-3)19(13)22/h4-5,7-10H,6H2,1-3H3. The van der Waals surface area contributed by atoms with E-state index in [2.05, 4.69) is 20.1 Å². The molecule has 4 rings (SSSR count). The molecular formula is C20H17Cl2N5O2. The van der Waals surface area contributed by atoms with Gasteiger partial charge in [0.25, 0.3) is 0 Å². The van der Waals surface area contributed by atoms with E-state index in [4.69, 9.17) is 32.7 Å². The number of fused-ring (bicyclic) bond motifs is 1. The summed E-state index contributed by atoms with van der Waals surface area (Å²) in [6.45, 7) is 0. The van der Waals surface area contributed by atoms with Crippen LogP contribution in [0.3, 0.4) is 0 Å². The zero-order chi connectivity index (χ0) is 20.5. The van der Waals surface area contributed by atoms with Gasteiger partial charge < -0.3 is 9.47 Å². The highest BCUT2D eigenvalue weighted by molar-refractivity contribution is 6.37. The lowest BCUT2D eigenvalue weighted by atomic mass is 10.1. The summed E-state index contributed by atoms with van der Waals surface area (Å²) < 4.78 is 12.4. The van der Waals surface area contributed by atoms with Gasteiger partial charge in [-0.15, -0.1) is 0 Å². The lowest BCUT2D eigenvalue weighted by Gasteiger charge is -2.14. The summed E-state index contributed by atoms with van der Waals surface area (Å²) in [6.07, 6.45) is 5.71. The van der Waals surface area contributed by atoms with E-state index >= 15 is 0 Å². The summed E-state index contributed by atoms with van der Waals surface area (Å²) in [6, 6.07) is 5.41. The fourth-order valence-corrected chi connectivity index (χ4v) is 3.64. The number of rotatable bonds is 5. The Bertz CT molecular complexity index is 1180. The Hall–Kier alpha value is -2.90. The number of pyridine rings is 1. The van der Waals surface area contributed by atoms with E-state index in [0.29, 0.717) is 50.4 Å². The number of benzene rings is 1. The van der Waals surface area contributed by atoms with Crippen molar-refractivity contribution in [3.63, 3.8) is 0 Å². The number of hydrogen-bond acceptors (Lipinski definition) is 6. The molecule has 9 heteroatoms. The second-order valence-electron chi connectivity index (χ2n) is 6.37. The van der Waals surface area contributed by atoms with Crippen LogP contribution < -0.4 is 9.47 Å². The number of ether oxygens (including phenoxy) is 2. The molecule has 3 heterocycles. The molecular weight excluding hydrogens is 413 g/mol. The van der Waals surface area contributed by atoms with E-state index in [9.17, 15) is 0 Å². The normalized spacial score (nSPS) is 11.1. The molecule has 0 radical (unpaired) electrons. The number of methoxy groups -OCH3 is 2. The summed E-state index contributed by atoms with van der Waals surface area (Å²) in [5, 5.41) is 5.03. The van der Waals surface area contributed by atoms with Crippen LogP contribution in [-0.2, 0) is 13.5 Å². The Labute approximate surface area is 177 Å². The molecule has 4 aromatic rings. The Balaban J connectivity index is 1.75. The molecule has 0 bridgehead atoms. The number of nitrogens with zero attached hydrogens (tertiary/aromatic N) is 5. The van der Waals surface area contributed by atoms with Gasteiger partial charge in [0.15, 0.2) is 5.65 Å². The maximum Gasteiger partial charge on any atom is 0.179 e. The average molecular weight is 430 g/mol. The summed E-state index contributed by atoms with van der Waals surface area (Å²) in [4.78, 5) is 13.7. The number of aromatic nitrogens is 5. The molecule has 0 unspecified atom stereocenters. The van der Waals surface area contributed by atoms with Crippen LogP contribution in [0.25, 0.3) is 22.4 Å². The highest BCUT2D eigenvalue weighted by Gasteiger charge is 2.18.